The highest BCUT2D eigenvalue weighted by Gasteiger charge is 2.26. The van der Waals surface area contributed by atoms with Crippen LogP contribution in [0, 0.1) is 0 Å². The van der Waals surface area contributed by atoms with Crippen molar-refractivity contribution in [2.24, 2.45) is 0 Å². The third kappa shape index (κ3) is 6.54. The van der Waals surface area contributed by atoms with Crippen molar-refractivity contribution in [3.05, 3.63) is 71.8 Å². The van der Waals surface area contributed by atoms with Crippen LogP contribution in [0.25, 0.3) is 0 Å². The molecule has 7 heteroatoms. The first kappa shape index (κ1) is 22.3. The minimum Gasteiger partial charge on any atom is -0.497 e. The van der Waals surface area contributed by atoms with Crippen LogP contribution < -0.4 is 14.8 Å². The summed E-state index contributed by atoms with van der Waals surface area (Å²) >= 11 is 6.08. The Balaban J connectivity index is 2.15. The number of benzene rings is 2. The number of methoxy groups -OCH3 is 1. The normalized spacial score (nSPS) is 11.3. The molecule has 6 nitrogen and oxygen atoms in total. The Labute approximate surface area is 176 Å². The van der Waals surface area contributed by atoms with Crippen LogP contribution in [0.5, 0.6) is 11.5 Å². The van der Waals surface area contributed by atoms with Crippen LogP contribution in [-0.4, -0.2) is 43.0 Å². The van der Waals surface area contributed by atoms with E-state index < -0.39 is 6.04 Å². The third-order valence-corrected chi connectivity index (χ3v) is 4.60. The van der Waals surface area contributed by atoms with E-state index in [0.29, 0.717) is 23.1 Å². The van der Waals surface area contributed by atoms with E-state index in [4.69, 9.17) is 21.1 Å². The van der Waals surface area contributed by atoms with Crippen molar-refractivity contribution in [3.63, 3.8) is 0 Å². The van der Waals surface area contributed by atoms with Gasteiger partial charge in [0.25, 0.3) is 5.91 Å². The molecule has 0 aromatic heterocycles. The first-order valence-electron chi connectivity index (χ1n) is 9.14. The molecule has 0 aliphatic rings. The molecule has 2 amide bonds. The van der Waals surface area contributed by atoms with Crippen molar-refractivity contribution in [1.29, 1.82) is 0 Å². The molecule has 0 aliphatic carbocycles. The third-order valence-electron chi connectivity index (χ3n) is 4.29. The van der Waals surface area contributed by atoms with Crippen LogP contribution in [-0.2, 0) is 16.1 Å². The maximum absolute atomic E-state index is 12.9. The van der Waals surface area contributed by atoms with Gasteiger partial charge >= 0.3 is 0 Å². The molecule has 29 heavy (non-hydrogen) atoms. The molecule has 0 aliphatic heterocycles. The van der Waals surface area contributed by atoms with Crippen molar-refractivity contribution in [2.75, 3.05) is 20.3 Å². The molecule has 0 saturated carbocycles. The maximum atomic E-state index is 12.9. The molecule has 2 aromatic carbocycles. The van der Waals surface area contributed by atoms with Crippen molar-refractivity contribution in [3.8, 4) is 11.5 Å². The van der Waals surface area contributed by atoms with Gasteiger partial charge in [-0.3, -0.25) is 9.59 Å². The van der Waals surface area contributed by atoms with Gasteiger partial charge in [-0.15, -0.1) is 6.58 Å². The average molecular weight is 417 g/mol. The molecule has 2 rings (SSSR count). The van der Waals surface area contributed by atoms with Gasteiger partial charge in [-0.05, 0) is 36.8 Å². The lowest BCUT2D eigenvalue weighted by atomic mass is 10.1. The number of nitrogens with zero attached hydrogens (tertiary/aromatic N) is 1. The minimum absolute atomic E-state index is 0.237. The Bertz CT molecular complexity index is 839. The van der Waals surface area contributed by atoms with Crippen molar-refractivity contribution in [2.45, 2.75) is 19.5 Å². The predicted octanol–water partition coefficient (Wildman–Crippen LogP) is 3.45. The van der Waals surface area contributed by atoms with Crippen LogP contribution in [0.15, 0.2) is 61.2 Å². The Hall–Kier alpha value is -2.99. The number of halogens is 1. The van der Waals surface area contributed by atoms with E-state index in [9.17, 15) is 9.59 Å². The quantitative estimate of drug-likeness (QED) is 0.602. The zero-order valence-corrected chi connectivity index (χ0v) is 17.3. The number of carbonyl (C=O) groups excluding carboxylic acids is 2. The van der Waals surface area contributed by atoms with E-state index in [0.717, 1.165) is 5.56 Å². The molecule has 2 aromatic rings. The number of hydrogen-bond donors (Lipinski definition) is 1. The fraction of sp³-hybridized carbons (Fsp3) is 0.273. The first-order chi connectivity index (χ1) is 14.0. The molecule has 0 radical (unpaired) electrons. The van der Waals surface area contributed by atoms with Crippen molar-refractivity contribution < 1.29 is 19.1 Å². The Morgan fingerprint density at radius 2 is 1.90 bits per heavy atom. The minimum atomic E-state index is -0.695. The van der Waals surface area contributed by atoms with Crippen LogP contribution in [0.4, 0.5) is 0 Å². The second-order valence-corrected chi connectivity index (χ2v) is 6.71. The molecule has 0 heterocycles. The summed E-state index contributed by atoms with van der Waals surface area (Å²) in [6.07, 6.45) is 1.58. The van der Waals surface area contributed by atoms with Gasteiger partial charge in [-0.1, -0.05) is 41.9 Å². The van der Waals surface area contributed by atoms with E-state index in [-0.39, 0.29) is 25.0 Å². The van der Waals surface area contributed by atoms with E-state index >= 15 is 0 Å². The van der Waals surface area contributed by atoms with E-state index in [1.165, 1.54) is 4.90 Å². The summed E-state index contributed by atoms with van der Waals surface area (Å²) in [4.78, 5) is 26.8. The van der Waals surface area contributed by atoms with Crippen LogP contribution in [0.3, 0.4) is 0 Å². The first-order valence-corrected chi connectivity index (χ1v) is 9.52. The van der Waals surface area contributed by atoms with E-state index in [1.54, 1.807) is 56.5 Å². The standard InChI is InChI=1S/C22H25ClN2O4/c1-4-13-24-22(27)16(2)25(14-17-9-11-18(28-3)12-10-17)21(26)15-29-20-8-6-5-7-19(20)23/h4-12,16H,1,13-15H2,2-3H3,(H,24,27)/t16-/m0/s1. The average Bonchev–Trinajstić information content (AvgIpc) is 2.75. The number of carbonyl (C=O) groups is 2. The van der Waals surface area contributed by atoms with Crippen LogP contribution in [0.2, 0.25) is 5.02 Å². The summed E-state index contributed by atoms with van der Waals surface area (Å²) in [7, 11) is 1.59. The topological polar surface area (TPSA) is 67.9 Å². The molecule has 0 bridgehead atoms. The maximum Gasteiger partial charge on any atom is 0.261 e. The van der Waals surface area contributed by atoms with Gasteiger partial charge < -0.3 is 19.7 Å². The predicted molar refractivity (Wildman–Crippen MR) is 113 cm³/mol. The zero-order valence-electron chi connectivity index (χ0n) is 16.6. The second kappa shape index (κ2) is 11.1. The van der Waals surface area contributed by atoms with Crippen molar-refractivity contribution >= 4 is 23.4 Å². The molecule has 1 atom stereocenters. The molecule has 0 unspecified atom stereocenters. The van der Waals surface area contributed by atoms with E-state index in [1.807, 2.05) is 12.1 Å². The number of ether oxygens (including phenoxy) is 2. The smallest absolute Gasteiger partial charge is 0.261 e. The highest BCUT2D eigenvalue weighted by atomic mass is 35.5. The number of para-hydroxylation sites is 1. The highest BCUT2D eigenvalue weighted by molar-refractivity contribution is 6.32. The number of nitrogens with one attached hydrogen (secondary N) is 1. The summed E-state index contributed by atoms with van der Waals surface area (Å²) in [5.74, 6) is 0.521. The number of rotatable bonds is 10. The molecule has 1 N–H and O–H groups in total. The fourth-order valence-electron chi connectivity index (χ4n) is 2.61. The zero-order chi connectivity index (χ0) is 21.2. The summed E-state index contributed by atoms with van der Waals surface area (Å²) in [5.41, 5.74) is 0.861. The molecule has 154 valence electrons. The summed E-state index contributed by atoms with van der Waals surface area (Å²) in [6, 6.07) is 13.5. The Morgan fingerprint density at radius 1 is 1.21 bits per heavy atom. The van der Waals surface area contributed by atoms with Crippen LogP contribution >= 0.6 is 11.6 Å². The lowest BCUT2D eigenvalue weighted by molar-refractivity contribution is -0.142. The van der Waals surface area contributed by atoms with Gasteiger partial charge in [0.05, 0.1) is 12.1 Å². The van der Waals surface area contributed by atoms with Gasteiger partial charge in [0.2, 0.25) is 5.91 Å². The fourth-order valence-corrected chi connectivity index (χ4v) is 2.81. The number of amides is 2. The largest absolute Gasteiger partial charge is 0.497 e. The van der Waals surface area contributed by atoms with E-state index in [2.05, 4.69) is 11.9 Å². The van der Waals surface area contributed by atoms with Crippen LogP contribution in [0.1, 0.15) is 12.5 Å². The Kier molecular flexibility index (Phi) is 8.55. The summed E-state index contributed by atoms with van der Waals surface area (Å²) in [6.45, 7) is 5.60. The SMILES string of the molecule is C=CCNC(=O)[C@H](C)N(Cc1ccc(OC)cc1)C(=O)COc1ccccc1Cl. The van der Waals surface area contributed by atoms with Gasteiger partial charge in [-0.25, -0.2) is 0 Å². The lowest BCUT2D eigenvalue weighted by Crippen LogP contribution is -2.49. The molecule has 0 saturated heterocycles. The summed E-state index contributed by atoms with van der Waals surface area (Å²) in [5, 5.41) is 3.14. The molecule has 0 spiro atoms. The molecular formula is C22H25ClN2O4. The Morgan fingerprint density at radius 3 is 2.52 bits per heavy atom. The van der Waals surface area contributed by atoms with Gasteiger partial charge in [0.15, 0.2) is 6.61 Å². The second-order valence-electron chi connectivity index (χ2n) is 6.30. The van der Waals surface area contributed by atoms with Crippen molar-refractivity contribution in [1.82, 2.24) is 10.2 Å². The monoisotopic (exact) mass is 416 g/mol. The van der Waals surface area contributed by atoms with Gasteiger partial charge in [-0.2, -0.15) is 0 Å². The molecule has 0 fully saturated rings. The highest BCUT2D eigenvalue weighted by Crippen LogP contribution is 2.23. The van der Waals surface area contributed by atoms with Gasteiger partial charge in [0.1, 0.15) is 17.5 Å². The summed E-state index contributed by atoms with van der Waals surface area (Å²) < 4.78 is 10.7. The lowest BCUT2D eigenvalue weighted by Gasteiger charge is -2.28. The molecular weight excluding hydrogens is 392 g/mol. The van der Waals surface area contributed by atoms with Gasteiger partial charge in [0, 0.05) is 13.1 Å². The number of hydrogen-bond acceptors (Lipinski definition) is 4.